The van der Waals surface area contributed by atoms with Gasteiger partial charge in [0, 0.05) is 44.7 Å². The van der Waals surface area contributed by atoms with Gasteiger partial charge >= 0.3 is 0 Å². The lowest BCUT2D eigenvalue weighted by Gasteiger charge is -2.62. The molecule has 4 aliphatic carbocycles. The number of terminal acetylenes is 1. The molecule has 6 rings (SSSR count). The monoisotopic (exact) mass is 534 g/mol. The zero-order chi connectivity index (χ0) is 27.5. The molecule has 2 N–H and O–H groups in total. The molecule has 0 aromatic heterocycles. The van der Waals surface area contributed by atoms with Crippen molar-refractivity contribution in [3.8, 4) is 18.1 Å². The topological polar surface area (TPSA) is 56.2 Å². The van der Waals surface area contributed by atoms with Crippen LogP contribution in [0.2, 0.25) is 0 Å². The summed E-state index contributed by atoms with van der Waals surface area (Å²) in [6.07, 6.45) is 15.4. The van der Waals surface area contributed by atoms with Gasteiger partial charge in [-0.25, -0.2) is 0 Å². The molecule has 0 amide bonds. The predicted molar refractivity (Wildman–Crippen MR) is 155 cm³/mol. The van der Waals surface area contributed by atoms with E-state index in [1.54, 1.807) is 7.11 Å². The van der Waals surface area contributed by atoms with E-state index in [1.807, 2.05) is 6.07 Å². The van der Waals surface area contributed by atoms with E-state index in [2.05, 4.69) is 47.8 Å². The van der Waals surface area contributed by atoms with Crippen LogP contribution in [0.25, 0.3) is 0 Å². The highest BCUT2D eigenvalue weighted by Gasteiger charge is 2.65. The number of ether oxygens (including phenoxy) is 1. The van der Waals surface area contributed by atoms with E-state index in [0.717, 1.165) is 83.5 Å². The fourth-order valence-electron chi connectivity index (χ4n) is 10.3. The Hall–Kier alpha value is -1.58. The smallest absolute Gasteiger partial charge is 0.130 e. The van der Waals surface area contributed by atoms with E-state index >= 15 is 0 Å². The van der Waals surface area contributed by atoms with Crippen molar-refractivity contribution in [2.45, 2.75) is 89.4 Å². The second-order valence-corrected chi connectivity index (χ2v) is 14.5. The number of hydrogen-bond donors (Lipinski definition) is 2. The van der Waals surface area contributed by atoms with Gasteiger partial charge in [-0.3, -0.25) is 9.80 Å². The number of β-amino-alcohol motifs (C(OH)–C–C–N with tert-alkyl or cyclic N) is 1. The Kier molecular flexibility index (Phi) is 7.11. The summed E-state index contributed by atoms with van der Waals surface area (Å²) in [6, 6.07) is 8.39. The van der Waals surface area contributed by atoms with E-state index in [9.17, 15) is 10.2 Å². The lowest BCUT2D eigenvalue weighted by atomic mass is 9.43. The summed E-state index contributed by atoms with van der Waals surface area (Å²) in [5, 5.41) is 23.2. The molecule has 0 radical (unpaired) electrons. The molecular formula is C34H50N2O3. The van der Waals surface area contributed by atoms with E-state index in [0.29, 0.717) is 29.1 Å². The zero-order valence-electron chi connectivity index (χ0n) is 24.5. The maximum atomic E-state index is 11.9. The van der Waals surface area contributed by atoms with Crippen LogP contribution < -0.4 is 4.74 Å². The second-order valence-electron chi connectivity index (χ2n) is 14.5. The van der Waals surface area contributed by atoms with Crippen molar-refractivity contribution < 1.29 is 14.9 Å². The summed E-state index contributed by atoms with van der Waals surface area (Å²) in [7, 11) is 1.72. The number of methoxy groups -OCH3 is 1. The van der Waals surface area contributed by atoms with Crippen molar-refractivity contribution in [2.24, 2.45) is 34.5 Å². The maximum Gasteiger partial charge on any atom is 0.130 e. The molecule has 1 aromatic carbocycles. The number of hydrogen-bond acceptors (Lipinski definition) is 5. The first-order chi connectivity index (χ1) is 18.6. The van der Waals surface area contributed by atoms with Crippen molar-refractivity contribution in [1.82, 2.24) is 9.80 Å². The Bertz CT molecular complexity index is 1090. The predicted octanol–water partition coefficient (Wildman–Crippen LogP) is 4.95. The normalized spacial score (nSPS) is 44.6. The van der Waals surface area contributed by atoms with Gasteiger partial charge in [0.05, 0.1) is 12.7 Å². The van der Waals surface area contributed by atoms with E-state index < -0.39 is 11.2 Å². The second kappa shape index (κ2) is 10.1. The first-order valence-electron chi connectivity index (χ1n) is 15.6. The molecule has 5 fully saturated rings. The number of piperazine rings is 1. The van der Waals surface area contributed by atoms with Crippen molar-refractivity contribution in [3.05, 3.63) is 29.8 Å². The molecule has 4 saturated carbocycles. The molecule has 214 valence electrons. The van der Waals surface area contributed by atoms with Crippen LogP contribution in [-0.4, -0.2) is 71.0 Å². The van der Waals surface area contributed by atoms with Gasteiger partial charge in [0.15, 0.2) is 0 Å². The van der Waals surface area contributed by atoms with Crippen LogP contribution in [0, 0.1) is 46.8 Å². The number of nitrogens with zero attached hydrogens (tertiary/aromatic N) is 2. The van der Waals surface area contributed by atoms with Crippen LogP contribution in [0.1, 0.15) is 77.2 Å². The first-order valence-corrected chi connectivity index (χ1v) is 15.6. The fourth-order valence-corrected chi connectivity index (χ4v) is 10.3. The van der Waals surface area contributed by atoms with Gasteiger partial charge in [0.1, 0.15) is 11.4 Å². The van der Waals surface area contributed by atoms with Gasteiger partial charge in [-0.05, 0) is 105 Å². The van der Waals surface area contributed by atoms with Crippen LogP contribution >= 0.6 is 0 Å². The van der Waals surface area contributed by atoms with Gasteiger partial charge in [-0.15, -0.1) is 6.42 Å². The number of rotatable bonds is 5. The minimum Gasteiger partial charge on any atom is -0.497 e. The molecule has 1 saturated heterocycles. The molecule has 1 aromatic rings. The lowest BCUT2D eigenvalue weighted by molar-refractivity contribution is -0.166. The van der Waals surface area contributed by atoms with Crippen LogP contribution in [0.4, 0.5) is 0 Å². The Morgan fingerprint density at radius 1 is 0.949 bits per heavy atom. The molecular weight excluding hydrogens is 484 g/mol. The molecule has 1 heterocycles. The lowest BCUT2D eigenvalue weighted by Crippen LogP contribution is -2.59. The minimum absolute atomic E-state index is 0.129. The maximum absolute atomic E-state index is 11.9. The third kappa shape index (κ3) is 4.64. The van der Waals surface area contributed by atoms with Crippen LogP contribution in [0.15, 0.2) is 24.3 Å². The van der Waals surface area contributed by atoms with Crippen molar-refractivity contribution in [2.75, 3.05) is 39.8 Å². The Balaban J connectivity index is 1.05. The van der Waals surface area contributed by atoms with E-state index in [-0.39, 0.29) is 5.41 Å². The Morgan fingerprint density at radius 2 is 1.69 bits per heavy atom. The van der Waals surface area contributed by atoms with Gasteiger partial charge < -0.3 is 14.9 Å². The average Bonchev–Trinajstić information content (AvgIpc) is 3.21. The number of fused-ring (bicyclic) bond motifs is 5. The molecule has 0 bridgehead atoms. The molecule has 5 nitrogen and oxygen atoms in total. The molecule has 5 heteroatoms. The van der Waals surface area contributed by atoms with Gasteiger partial charge in [0.25, 0.3) is 0 Å². The third-order valence-corrected chi connectivity index (χ3v) is 12.7. The number of benzene rings is 1. The van der Waals surface area contributed by atoms with E-state index in [1.165, 1.54) is 24.8 Å². The Labute approximate surface area is 236 Å². The SMILES string of the molecule is C#C[C@]1(O)CC[C@H]2[C@@H]3CC[C@H]4C[C@@](O)(CN5CCN(Cc6cccc(OC)c6)CC5)CC[C@]4(C)[C@H]3CC[C@@]21C. The summed E-state index contributed by atoms with van der Waals surface area (Å²) in [5.74, 6) is 6.27. The average molecular weight is 535 g/mol. The summed E-state index contributed by atoms with van der Waals surface area (Å²) in [6.45, 7) is 10.7. The van der Waals surface area contributed by atoms with Crippen molar-refractivity contribution >= 4 is 0 Å². The van der Waals surface area contributed by atoms with Crippen molar-refractivity contribution in [1.29, 1.82) is 0 Å². The molecule has 1 aliphatic heterocycles. The standard InChI is InChI=1S/C34H50N2O3/c1-5-34(38)14-12-30-28-10-9-26-22-33(37,16-15-31(26,2)29(28)11-13-32(30,34)3)24-36-19-17-35(18-20-36)23-25-7-6-8-27(21-25)39-4/h1,6-8,21,26,28-30,37-38H,9-20,22-24H2,2-4H3/t26-,28+,29-,30-,31-,32-,33+,34-/m0/s1. The molecule has 0 unspecified atom stereocenters. The molecule has 5 aliphatic rings. The molecule has 8 atom stereocenters. The van der Waals surface area contributed by atoms with Crippen LogP contribution in [0.5, 0.6) is 5.75 Å². The van der Waals surface area contributed by atoms with Crippen molar-refractivity contribution in [3.63, 3.8) is 0 Å². The van der Waals surface area contributed by atoms with Crippen LogP contribution in [-0.2, 0) is 6.54 Å². The van der Waals surface area contributed by atoms with Gasteiger partial charge in [-0.1, -0.05) is 31.9 Å². The van der Waals surface area contributed by atoms with Crippen LogP contribution in [0.3, 0.4) is 0 Å². The highest BCUT2D eigenvalue weighted by atomic mass is 16.5. The highest BCUT2D eigenvalue weighted by Crippen LogP contribution is 2.68. The van der Waals surface area contributed by atoms with Gasteiger partial charge in [-0.2, -0.15) is 0 Å². The Morgan fingerprint density at radius 3 is 2.44 bits per heavy atom. The molecule has 39 heavy (non-hydrogen) atoms. The summed E-state index contributed by atoms with van der Waals surface area (Å²) in [5.41, 5.74) is -0.00983. The zero-order valence-corrected chi connectivity index (χ0v) is 24.5. The third-order valence-electron chi connectivity index (χ3n) is 12.7. The quantitative estimate of drug-likeness (QED) is 0.524. The van der Waals surface area contributed by atoms with Gasteiger partial charge in [0.2, 0.25) is 0 Å². The fraction of sp³-hybridized carbons (Fsp3) is 0.765. The minimum atomic E-state index is -0.925. The summed E-state index contributed by atoms with van der Waals surface area (Å²) < 4.78 is 5.39. The summed E-state index contributed by atoms with van der Waals surface area (Å²) in [4.78, 5) is 5.04. The first kappa shape index (κ1) is 27.6. The highest BCUT2D eigenvalue weighted by molar-refractivity contribution is 5.28. The number of aliphatic hydroxyl groups is 2. The molecule has 0 spiro atoms. The largest absolute Gasteiger partial charge is 0.497 e. The van der Waals surface area contributed by atoms with E-state index in [4.69, 9.17) is 11.2 Å². The summed E-state index contributed by atoms with van der Waals surface area (Å²) >= 11 is 0.